The Morgan fingerprint density at radius 1 is 1.04 bits per heavy atom. The van der Waals surface area contributed by atoms with Gasteiger partial charge < -0.3 is 4.74 Å². The van der Waals surface area contributed by atoms with Crippen molar-refractivity contribution in [2.45, 2.75) is 6.92 Å². The Hall–Kier alpha value is -2.73. The van der Waals surface area contributed by atoms with Crippen LogP contribution in [0.3, 0.4) is 0 Å². The van der Waals surface area contributed by atoms with Crippen LogP contribution >= 0.6 is 11.3 Å². The van der Waals surface area contributed by atoms with E-state index in [-0.39, 0.29) is 12.5 Å². The number of rotatable bonds is 5. The molecule has 0 radical (unpaired) electrons. The van der Waals surface area contributed by atoms with Crippen molar-refractivity contribution in [3.63, 3.8) is 0 Å². The Morgan fingerprint density at radius 2 is 1.74 bits per heavy atom. The molecule has 0 aliphatic rings. The smallest absolute Gasteiger partial charge is 0.264 e. The van der Waals surface area contributed by atoms with Crippen molar-refractivity contribution in [3.05, 3.63) is 59.6 Å². The van der Waals surface area contributed by atoms with Crippen molar-refractivity contribution < 1.29 is 9.53 Å². The highest BCUT2D eigenvalue weighted by molar-refractivity contribution is 7.15. The first kappa shape index (κ1) is 15.2. The molecule has 23 heavy (non-hydrogen) atoms. The number of carbonyl (C=O) groups excluding carboxylic acids is 1. The van der Waals surface area contributed by atoms with Crippen LogP contribution < -0.4 is 10.1 Å². The summed E-state index contributed by atoms with van der Waals surface area (Å²) in [6, 6.07) is 17.7. The molecule has 6 heteroatoms. The number of aromatic nitrogens is 2. The second kappa shape index (κ2) is 7.02. The van der Waals surface area contributed by atoms with Gasteiger partial charge in [-0.2, -0.15) is 0 Å². The molecule has 0 saturated heterocycles. The summed E-state index contributed by atoms with van der Waals surface area (Å²) in [6.07, 6.45) is 0. The summed E-state index contributed by atoms with van der Waals surface area (Å²) < 4.78 is 5.48. The first-order valence-electron chi connectivity index (χ1n) is 7.09. The zero-order valence-electron chi connectivity index (χ0n) is 12.5. The predicted octanol–water partition coefficient (Wildman–Crippen LogP) is 3.53. The lowest BCUT2D eigenvalue weighted by atomic mass is 10.1. The van der Waals surface area contributed by atoms with Crippen molar-refractivity contribution in [3.8, 4) is 16.9 Å². The van der Waals surface area contributed by atoms with E-state index in [2.05, 4.69) is 15.5 Å². The molecule has 1 N–H and O–H groups in total. The number of carbonyl (C=O) groups is 1. The summed E-state index contributed by atoms with van der Waals surface area (Å²) in [4.78, 5) is 11.8. The molecular formula is C17H15N3O2S. The third-order valence-corrected chi connectivity index (χ3v) is 3.86. The number of ether oxygens (including phenoxy) is 1. The van der Waals surface area contributed by atoms with Crippen molar-refractivity contribution in [2.75, 3.05) is 11.9 Å². The fourth-order valence-electron chi connectivity index (χ4n) is 2.03. The SMILES string of the molecule is Cc1nnc(NC(=O)COc2ccc(-c3ccccc3)cc2)s1. The normalized spacial score (nSPS) is 10.3. The van der Waals surface area contributed by atoms with Crippen LogP contribution in [0.25, 0.3) is 11.1 Å². The summed E-state index contributed by atoms with van der Waals surface area (Å²) in [5, 5.41) is 11.6. The molecule has 0 fully saturated rings. The maximum atomic E-state index is 11.8. The van der Waals surface area contributed by atoms with Gasteiger partial charge in [-0.1, -0.05) is 53.8 Å². The van der Waals surface area contributed by atoms with E-state index in [9.17, 15) is 4.79 Å². The minimum absolute atomic E-state index is 0.0662. The van der Waals surface area contributed by atoms with Gasteiger partial charge in [0.25, 0.3) is 5.91 Å². The van der Waals surface area contributed by atoms with Gasteiger partial charge in [0.15, 0.2) is 6.61 Å². The number of aryl methyl sites for hydroxylation is 1. The van der Waals surface area contributed by atoms with Crippen molar-refractivity contribution >= 4 is 22.4 Å². The second-order valence-electron chi connectivity index (χ2n) is 4.85. The molecule has 3 aromatic rings. The number of amides is 1. The molecule has 0 unspecified atom stereocenters. The number of hydrogen-bond donors (Lipinski definition) is 1. The molecule has 1 heterocycles. The van der Waals surface area contributed by atoms with E-state index in [1.807, 2.05) is 61.5 Å². The lowest BCUT2D eigenvalue weighted by molar-refractivity contribution is -0.118. The molecule has 116 valence electrons. The summed E-state index contributed by atoms with van der Waals surface area (Å²) >= 11 is 1.33. The molecule has 0 spiro atoms. The Kier molecular flexibility index (Phi) is 4.63. The highest BCUT2D eigenvalue weighted by Gasteiger charge is 2.07. The van der Waals surface area contributed by atoms with Crippen LogP contribution in [0.5, 0.6) is 5.75 Å². The van der Waals surface area contributed by atoms with E-state index in [4.69, 9.17) is 4.74 Å². The maximum absolute atomic E-state index is 11.8. The summed E-state index contributed by atoms with van der Waals surface area (Å²) in [5.74, 6) is 0.390. The van der Waals surface area contributed by atoms with Gasteiger partial charge in [0.05, 0.1) is 0 Å². The van der Waals surface area contributed by atoms with E-state index >= 15 is 0 Å². The van der Waals surface area contributed by atoms with Crippen LogP contribution in [-0.2, 0) is 4.79 Å². The highest BCUT2D eigenvalue weighted by Crippen LogP contribution is 2.22. The largest absolute Gasteiger partial charge is 0.484 e. The van der Waals surface area contributed by atoms with E-state index in [1.54, 1.807) is 0 Å². The molecule has 5 nitrogen and oxygen atoms in total. The first-order valence-corrected chi connectivity index (χ1v) is 7.90. The Morgan fingerprint density at radius 3 is 2.39 bits per heavy atom. The Bertz CT molecular complexity index is 785. The maximum Gasteiger partial charge on any atom is 0.264 e. The van der Waals surface area contributed by atoms with Gasteiger partial charge in [0, 0.05) is 0 Å². The van der Waals surface area contributed by atoms with Gasteiger partial charge in [0.1, 0.15) is 10.8 Å². The van der Waals surface area contributed by atoms with Gasteiger partial charge in [-0.05, 0) is 30.2 Å². The Balaban J connectivity index is 1.55. The van der Waals surface area contributed by atoms with E-state index in [0.717, 1.165) is 16.1 Å². The van der Waals surface area contributed by atoms with Crippen LogP contribution in [0.2, 0.25) is 0 Å². The van der Waals surface area contributed by atoms with Gasteiger partial charge in [-0.3, -0.25) is 10.1 Å². The standard InChI is InChI=1S/C17H15N3O2S/c1-12-19-20-17(23-12)18-16(21)11-22-15-9-7-14(8-10-15)13-5-3-2-4-6-13/h2-10H,11H2,1H3,(H,18,20,21). The van der Waals surface area contributed by atoms with Gasteiger partial charge >= 0.3 is 0 Å². The first-order chi connectivity index (χ1) is 11.2. The minimum Gasteiger partial charge on any atom is -0.484 e. The third-order valence-electron chi connectivity index (χ3n) is 3.10. The third kappa shape index (κ3) is 4.14. The summed E-state index contributed by atoms with van der Waals surface area (Å²) in [7, 11) is 0. The summed E-state index contributed by atoms with van der Waals surface area (Å²) in [6.45, 7) is 1.77. The van der Waals surface area contributed by atoms with Crippen LogP contribution in [0.4, 0.5) is 5.13 Å². The second-order valence-corrected chi connectivity index (χ2v) is 6.04. The molecule has 0 bridgehead atoms. The fourth-order valence-corrected chi connectivity index (χ4v) is 2.63. The number of anilines is 1. The molecular weight excluding hydrogens is 310 g/mol. The van der Waals surface area contributed by atoms with Gasteiger partial charge in [0.2, 0.25) is 5.13 Å². The molecule has 1 amide bonds. The topological polar surface area (TPSA) is 64.1 Å². The van der Waals surface area contributed by atoms with Crippen molar-refractivity contribution in [1.29, 1.82) is 0 Å². The molecule has 0 saturated carbocycles. The summed E-state index contributed by atoms with van der Waals surface area (Å²) in [5.41, 5.74) is 2.25. The predicted molar refractivity (Wildman–Crippen MR) is 90.6 cm³/mol. The van der Waals surface area contributed by atoms with Crippen molar-refractivity contribution in [1.82, 2.24) is 10.2 Å². The number of hydrogen-bond acceptors (Lipinski definition) is 5. The van der Waals surface area contributed by atoms with Crippen LogP contribution in [0, 0.1) is 6.92 Å². The molecule has 0 aliphatic carbocycles. The monoisotopic (exact) mass is 325 g/mol. The molecule has 3 rings (SSSR count). The zero-order chi connectivity index (χ0) is 16.1. The number of nitrogens with one attached hydrogen (secondary N) is 1. The van der Waals surface area contributed by atoms with Gasteiger partial charge in [-0.25, -0.2) is 0 Å². The molecule has 0 atom stereocenters. The van der Waals surface area contributed by atoms with Gasteiger partial charge in [-0.15, -0.1) is 10.2 Å². The van der Waals surface area contributed by atoms with Crippen molar-refractivity contribution in [2.24, 2.45) is 0 Å². The lowest BCUT2D eigenvalue weighted by Gasteiger charge is -2.07. The fraction of sp³-hybridized carbons (Fsp3) is 0.118. The van der Waals surface area contributed by atoms with E-state index < -0.39 is 0 Å². The average molecular weight is 325 g/mol. The zero-order valence-corrected chi connectivity index (χ0v) is 13.3. The molecule has 1 aromatic heterocycles. The van der Waals surface area contributed by atoms with Crippen LogP contribution in [0.1, 0.15) is 5.01 Å². The van der Waals surface area contributed by atoms with E-state index in [0.29, 0.717) is 10.9 Å². The number of nitrogens with zero attached hydrogens (tertiary/aromatic N) is 2. The highest BCUT2D eigenvalue weighted by atomic mass is 32.1. The quantitative estimate of drug-likeness (QED) is 0.779. The van der Waals surface area contributed by atoms with Crippen LogP contribution in [0.15, 0.2) is 54.6 Å². The minimum atomic E-state index is -0.256. The van der Waals surface area contributed by atoms with E-state index in [1.165, 1.54) is 11.3 Å². The number of benzene rings is 2. The molecule has 2 aromatic carbocycles. The lowest BCUT2D eigenvalue weighted by Crippen LogP contribution is -2.20. The average Bonchev–Trinajstić information content (AvgIpc) is 2.99. The Labute approximate surface area is 138 Å². The molecule has 0 aliphatic heterocycles. The van der Waals surface area contributed by atoms with Crippen LogP contribution in [-0.4, -0.2) is 22.7 Å².